The molecule has 3 aromatic rings. The zero-order chi connectivity index (χ0) is 19.8. The fraction of sp³-hybridized carbons (Fsp3) is 0.118. The summed E-state index contributed by atoms with van der Waals surface area (Å²) in [6, 6.07) is 8.64. The molecule has 0 aliphatic rings. The van der Waals surface area contributed by atoms with Crippen LogP contribution in [0.5, 0.6) is 0 Å². The molecule has 27 heavy (non-hydrogen) atoms. The molecule has 0 amide bonds. The lowest BCUT2D eigenvalue weighted by molar-refractivity contribution is 0.0462. The van der Waals surface area contributed by atoms with Gasteiger partial charge in [0.25, 0.3) is 5.56 Å². The highest BCUT2D eigenvalue weighted by atomic mass is 35.5. The SMILES string of the molecule is Cc1cccc2c(=O)[nH]c(COC(=O)c3cc(S(N)(=O)=O)ccc3Cl)nc12. The van der Waals surface area contributed by atoms with Crippen molar-refractivity contribution < 1.29 is 17.9 Å². The molecule has 0 bridgehead atoms. The first-order valence-corrected chi connectivity index (χ1v) is 9.57. The Morgan fingerprint density at radius 3 is 2.74 bits per heavy atom. The van der Waals surface area contributed by atoms with Crippen molar-refractivity contribution in [2.75, 3.05) is 0 Å². The third-order valence-electron chi connectivity index (χ3n) is 3.81. The molecule has 0 spiro atoms. The smallest absolute Gasteiger partial charge is 0.340 e. The Kier molecular flexibility index (Phi) is 5.01. The predicted octanol–water partition coefficient (Wildman–Crippen LogP) is 1.89. The minimum atomic E-state index is -4.00. The van der Waals surface area contributed by atoms with E-state index in [1.54, 1.807) is 12.1 Å². The number of primary sulfonamides is 1. The van der Waals surface area contributed by atoms with Crippen LogP contribution in [0.25, 0.3) is 10.9 Å². The van der Waals surface area contributed by atoms with E-state index in [1.807, 2.05) is 13.0 Å². The Balaban J connectivity index is 1.87. The summed E-state index contributed by atoms with van der Waals surface area (Å²) in [4.78, 5) is 31.0. The molecule has 0 aliphatic carbocycles. The number of aryl methyl sites for hydroxylation is 1. The maximum atomic E-state index is 12.3. The lowest BCUT2D eigenvalue weighted by atomic mass is 10.1. The third kappa shape index (κ3) is 4.00. The molecule has 3 rings (SSSR count). The van der Waals surface area contributed by atoms with Gasteiger partial charge in [-0.2, -0.15) is 0 Å². The molecule has 0 aliphatic heterocycles. The van der Waals surface area contributed by atoms with Gasteiger partial charge in [-0.15, -0.1) is 0 Å². The molecule has 0 unspecified atom stereocenters. The number of halogens is 1. The molecule has 1 heterocycles. The number of nitrogens with one attached hydrogen (secondary N) is 1. The number of esters is 1. The number of H-pyrrole nitrogens is 1. The normalized spacial score (nSPS) is 11.5. The van der Waals surface area contributed by atoms with Gasteiger partial charge in [-0.05, 0) is 36.8 Å². The Morgan fingerprint density at radius 2 is 2.04 bits per heavy atom. The molecule has 0 fully saturated rings. The number of hydrogen-bond acceptors (Lipinski definition) is 6. The van der Waals surface area contributed by atoms with E-state index in [4.69, 9.17) is 21.5 Å². The van der Waals surface area contributed by atoms with Gasteiger partial charge in [0.05, 0.1) is 26.4 Å². The summed E-state index contributed by atoms with van der Waals surface area (Å²) < 4.78 is 28.0. The number of carbonyl (C=O) groups excluding carboxylic acids is 1. The Labute approximate surface area is 159 Å². The average Bonchev–Trinajstić information content (AvgIpc) is 2.60. The second kappa shape index (κ2) is 7.10. The van der Waals surface area contributed by atoms with Gasteiger partial charge in [0.1, 0.15) is 12.4 Å². The van der Waals surface area contributed by atoms with Crippen LogP contribution in [0.1, 0.15) is 21.7 Å². The van der Waals surface area contributed by atoms with E-state index >= 15 is 0 Å². The highest BCUT2D eigenvalue weighted by Crippen LogP contribution is 2.21. The molecule has 0 saturated carbocycles. The summed E-state index contributed by atoms with van der Waals surface area (Å²) in [5, 5.41) is 5.48. The summed E-state index contributed by atoms with van der Waals surface area (Å²) in [5.74, 6) is -0.730. The van der Waals surface area contributed by atoms with E-state index in [0.29, 0.717) is 10.9 Å². The first kappa shape index (κ1) is 19.0. The van der Waals surface area contributed by atoms with Crippen LogP contribution < -0.4 is 10.7 Å². The maximum Gasteiger partial charge on any atom is 0.340 e. The maximum absolute atomic E-state index is 12.3. The number of rotatable bonds is 4. The van der Waals surface area contributed by atoms with Crippen LogP contribution >= 0.6 is 11.6 Å². The molecule has 0 radical (unpaired) electrons. The summed E-state index contributed by atoms with van der Waals surface area (Å²) in [7, 11) is -4.00. The van der Waals surface area contributed by atoms with E-state index in [9.17, 15) is 18.0 Å². The molecule has 10 heteroatoms. The number of hydrogen-bond donors (Lipinski definition) is 2. The van der Waals surface area contributed by atoms with Gasteiger partial charge in [0.15, 0.2) is 0 Å². The molecule has 0 atom stereocenters. The Morgan fingerprint density at radius 1 is 1.30 bits per heavy atom. The largest absolute Gasteiger partial charge is 0.454 e. The quantitative estimate of drug-likeness (QED) is 0.634. The van der Waals surface area contributed by atoms with Gasteiger partial charge >= 0.3 is 5.97 Å². The number of benzene rings is 2. The van der Waals surface area contributed by atoms with Crippen molar-refractivity contribution in [2.24, 2.45) is 5.14 Å². The Bertz CT molecular complexity index is 1220. The topological polar surface area (TPSA) is 132 Å². The van der Waals surface area contributed by atoms with Crippen LogP contribution in [0.15, 0.2) is 46.1 Å². The van der Waals surface area contributed by atoms with Gasteiger partial charge in [-0.1, -0.05) is 23.7 Å². The highest BCUT2D eigenvalue weighted by molar-refractivity contribution is 7.89. The zero-order valence-corrected chi connectivity index (χ0v) is 15.6. The molecule has 2 aromatic carbocycles. The fourth-order valence-electron chi connectivity index (χ4n) is 2.47. The number of fused-ring (bicyclic) bond motifs is 1. The van der Waals surface area contributed by atoms with Gasteiger partial charge in [0.2, 0.25) is 10.0 Å². The van der Waals surface area contributed by atoms with Gasteiger partial charge < -0.3 is 9.72 Å². The lowest BCUT2D eigenvalue weighted by Gasteiger charge is -2.08. The van der Waals surface area contributed by atoms with Crippen LogP contribution in [-0.2, 0) is 21.4 Å². The van der Waals surface area contributed by atoms with Gasteiger partial charge in [-0.3, -0.25) is 4.79 Å². The number of nitrogens with zero attached hydrogens (tertiary/aromatic N) is 1. The summed E-state index contributed by atoms with van der Waals surface area (Å²) in [6.45, 7) is 1.48. The van der Waals surface area contributed by atoms with Crippen molar-refractivity contribution in [1.82, 2.24) is 9.97 Å². The molecule has 0 saturated heterocycles. The van der Waals surface area contributed by atoms with Gasteiger partial charge in [-0.25, -0.2) is 23.3 Å². The van der Waals surface area contributed by atoms with Crippen molar-refractivity contribution in [3.63, 3.8) is 0 Å². The Hall–Kier alpha value is -2.75. The molecule has 140 valence electrons. The number of aromatic amines is 1. The van der Waals surface area contributed by atoms with E-state index in [-0.39, 0.29) is 33.5 Å². The number of carbonyl (C=O) groups is 1. The number of nitrogens with two attached hydrogens (primary N) is 1. The minimum Gasteiger partial charge on any atom is -0.454 e. The van der Waals surface area contributed by atoms with E-state index in [0.717, 1.165) is 11.6 Å². The molecular formula is C17H14ClN3O5S. The van der Waals surface area contributed by atoms with Crippen LogP contribution in [0.3, 0.4) is 0 Å². The minimum absolute atomic E-state index is 0.00297. The van der Waals surface area contributed by atoms with Crippen LogP contribution in [0, 0.1) is 6.92 Å². The second-order valence-electron chi connectivity index (χ2n) is 5.75. The summed E-state index contributed by atoms with van der Waals surface area (Å²) in [6.07, 6.45) is 0. The molecule has 3 N–H and O–H groups in total. The summed E-state index contributed by atoms with van der Waals surface area (Å²) in [5.41, 5.74) is 0.781. The molecule has 1 aromatic heterocycles. The average molecular weight is 408 g/mol. The lowest BCUT2D eigenvalue weighted by Crippen LogP contribution is -2.16. The van der Waals surface area contributed by atoms with Crippen LogP contribution in [0.2, 0.25) is 5.02 Å². The molecular weight excluding hydrogens is 394 g/mol. The predicted molar refractivity (Wildman–Crippen MR) is 99.0 cm³/mol. The second-order valence-corrected chi connectivity index (χ2v) is 7.72. The number of ether oxygens (including phenoxy) is 1. The number of sulfonamides is 1. The van der Waals surface area contributed by atoms with Crippen molar-refractivity contribution in [2.45, 2.75) is 18.4 Å². The van der Waals surface area contributed by atoms with Crippen LogP contribution in [-0.4, -0.2) is 24.4 Å². The van der Waals surface area contributed by atoms with E-state index in [1.165, 1.54) is 12.1 Å². The van der Waals surface area contributed by atoms with Crippen molar-refractivity contribution in [3.05, 3.63) is 68.7 Å². The third-order valence-corrected chi connectivity index (χ3v) is 5.05. The monoisotopic (exact) mass is 407 g/mol. The zero-order valence-electron chi connectivity index (χ0n) is 14.0. The molecule has 8 nitrogen and oxygen atoms in total. The fourth-order valence-corrected chi connectivity index (χ4v) is 3.20. The van der Waals surface area contributed by atoms with Crippen molar-refractivity contribution in [3.8, 4) is 0 Å². The van der Waals surface area contributed by atoms with Crippen molar-refractivity contribution >= 4 is 38.5 Å². The standard InChI is InChI=1S/C17H14ClN3O5S/c1-9-3-2-4-11-15(9)20-14(21-16(11)22)8-26-17(23)12-7-10(27(19,24)25)5-6-13(12)18/h2-7H,8H2,1H3,(H2,19,24,25)(H,20,21,22). The van der Waals surface area contributed by atoms with Crippen molar-refractivity contribution in [1.29, 1.82) is 0 Å². The first-order chi connectivity index (χ1) is 12.7. The first-order valence-electron chi connectivity index (χ1n) is 7.65. The summed E-state index contributed by atoms with van der Waals surface area (Å²) >= 11 is 5.94. The number of para-hydroxylation sites is 1. The van der Waals surface area contributed by atoms with E-state index in [2.05, 4.69) is 9.97 Å². The van der Waals surface area contributed by atoms with Crippen LogP contribution in [0.4, 0.5) is 0 Å². The van der Waals surface area contributed by atoms with Gasteiger partial charge in [0, 0.05) is 0 Å². The number of aromatic nitrogens is 2. The highest BCUT2D eigenvalue weighted by Gasteiger charge is 2.17. The van der Waals surface area contributed by atoms with E-state index < -0.39 is 16.0 Å².